The summed E-state index contributed by atoms with van der Waals surface area (Å²) in [6.45, 7) is 2.42. The molecule has 0 aliphatic heterocycles. The fourth-order valence-electron chi connectivity index (χ4n) is 4.53. The fourth-order valence-corrected chi connectivity index (χ4v) is 5.34. The molecular formula is C31H39N7O5S. The van der Waals surface area contributed by atoms with Crippen molar-refractivity contribution in [3.8, 4) is 0 Å². The van der Waals surface area contributed by atoms with Crippen LogP contribution in [0.2, 0.25) is 0 Å². The Kier molecular flexibility index (Phi) is 12.8. The van der Waals surface area contributed by atoms with Crippen LogP contribution >= 0.6 is 11.3 Å². The van der Waals surface area contributed by atoms with Crippen molar-refractivity contribution in [2.45, 2.75) is 64.1 Å². The minimum absolute atomic E-state index is 0.317. The smallest absolute Gasteiger partial charge is 0.407 e. The molecule has 13 heteroatoms. The van der Waals surface area contributed by atoms with E-state index in [1.165, 1.54) is 11.3 Å². The second kappa shape index (κ2) is 17.2. The number of nitrogens with zero attached hydrogens (tertiary/aromatic N) is 4. The van der Waals surface area contributed by atoms with Gasteiger partial charge in [-0.2, -0.15) is 5.10 Å². The number of aliphatic hydroxyl groups excluding tert-OH is 2. The number of alkyl carbamates (subject to hydrolysis) is 1. The van der Waals surface area contributed by atoms with E-state index in [4.69, 9.17) is 9.47 Å². The molecule has 2 aromatic heterocycles. The Balaban J connectivity index is 1.15. The lowest BCUT2D eigenvalue weighted by Crippen LogP contribution is -2.28. The third-order valence-corrected chi connectivity index (χ3v) is 7.56. The predicted octanol–water partition coefficient (Wildman–Crippen LogP) is 4.23. The molecule has 2 heterocycles. The highest BCUT2D eigenvalue weighted by Gasteiger charge is 2.22. The zero-order valence-corrected chi connectivity index (χ0v) is 25.7. The van der Waals surface area contributed by atoms with Crippen molar-refractivity contribution in [1.29, 1.82) is 0 Å². The van der Waals surface area contributed by atoms with E-state index in [1.807, 2.05) is 66.7 Å². The van der Waals surface area contributed by atoms with Crippen molar-refractivity contribution in [3.05, 3.63) is 94.1 Å². The largest absolute Gasteiger partial charge is 0.450 e. The minimum atomic E-state index is -0.960. The number of amides is 1. The Bertz CT molecular complexity index is 1420. The van der Waals surface area contributed by atoms with Gasteiger partial charge in [0.05, 0.1) is 12.3 Å². The Morgan fingerprint density at radius 1 is 0.909 bits per heavy atom. The molecule has 2 aromatic carbocycles. The average molecular weight is 622 g/mol. The summed E-state index contributed by atoms with van der Waals surface area (Å²) in [6, 6.07) is 20.9. The highest BCUT2D eigenvalue weighted by Crippen LogP contribution is 2.24. The molecule has 4 rings (SSSR count). The number of benzene rings is 2. The van der Waals surface area contributed by atoms with Crippen molar-refractivity contribution in [1.82, 2.24) is 25.7 Å². The predicted molar refractivity (Wildman–Crippen MR) is 168 cm³/mol. The first kappa shape index (κ1) is 32.7. The minimum Gasteiger partial charge on any atom is -0.450 e. The summed E-state index contributed by atoms with van der Waals surface area (Å²) < 4.78 is 10.4. The van der Waals surface area contributed by atoms with Crippen LogP contribution in [0.15, 0.2) is 66.7 Å². The average Bonchev–Trinajstić information content (AvgIpc) is 3.47. The number of aliphatic hydroxyl groups is 2. The van der Waals surface area contributed by atoms with Gasteiger partial charge in [0, 0.05) is 26.5 Å². The normalized spacial score (nSPS) is 13.1. The highest BCUT2D eigenvalue weighted by atomic mass is 32.1. The molecule has 5 N–H and O–H groups in total. The summed E-state index contributed by atoms with van der Waals surface area (Å²) in [5, 5.41) is 48.1. The fraction of sp³-hybridized carbons (Fsp3) is 0.387. The van der Waals surface area contributed by atoms with Gasteiger partial charge >= 0.3 is 6.09 Å². The second-order valence-electron chi connectivity index (χ2n) is 10.0. The van der Waals surface area contributed by atoms with Gasteiger partial charge in [-0.1, -0.05) is 65.9 Å². The molecule has 234 valence electrons. The van der Waals surface area contributed by atoms with E-state index in [2.05, 4.69) is 36.3 Å². The molecule has 1 amide bonds. The van der Waals surface area contributed by atoms with Crippen LogP contribution in [-0.4, -0.2) is 62.9 Å². The summed E-state index contributed by atoms with van der Waals surface area (Å²) in [5.41, 5.74) is 3.56. The number of methoxy groups -OCH3 is 1. The lowest BCUT2D eigenvalue weighted by molar-refractivity contribution is 0.00122. The number of nitrogens with one attached hydrogen (secondary N) is 3. The van der Waals surface area contributed by atoms with Crippen LogP contribution in [0.25, 0.3) is 0 Å². The van der Waals surface area contributed by atoms with Crippen molar-refractivity contribution in [2.24, 2.45) is 0 Å². The number of carbonyl (C=O) groups excluding carboxylic acids is 1. The molecule has 4 aromatic rings. The van der Waals surface area contributed by atoms with Gasteiger partial charge in [-0.3, -0.25) is 0 Å². The molecule has 12 nitrogen and oxygen atoms in total. The number of hydrogen-bond donors (Lipinski definition) is 5. The maximum absolute atomic E-state index is 11.5. The molecule has 0 saturated carbocycles. The summed E-state index contributed by atoms with van der Waals surface area (Å²) in [5.74, 6) is 0.487. The third-order valence-electron chi connectivity index (χ3n) is 6.65. The number of aromatic nitrogens is 4. The van der Waals surface area contributed by atoms with Crippen molar-refractivity contribution in [3.63, 3.8) is 0 Å². The number of rotatable bonds is 17. The van der Waals surface area contributed by atoms with E-state index >= 15 is 0 Å². The van der Waals surface area contributed by atoms with Gasteiger partial charge in [0.1, 0.15) is 17.3 Å². The van der Waals surface area contributed by atoms with Crippen LogP contribution < -0.4 is 16.0 Å². The van der Waals surface area contributed by atoms with Gasteiger partial charge in [0.2, 0.25) is 5.13 Å². The number of ether oxygens (including phenoxy) is 2. The zero-order chi connectivity index (χ0) is 31.1. The zero-order valence-electron chi connectivity index (χ0n) is 24.8. The summed E-state index contributed by atoms with van der Waals surface area (Å²) in [6.07, 6.45) is 0.884. The second-order valence-corrected chi connectivity index (χ2v) is 11.1. The summed E-state index contributed by atoms with van der Waals surface area (Å²) in [4.78, 5) is 11.5. The Labute approximate surface area is 260 Å². The molecule has 0 fully saturated rings. The lowest BCUT2D eigenvalue weighted by Gasteiger charge is -2.22. The molecule has 0 spiro atoms. The SMILES string of the molecule is CCOC(=O)NCc1cccc(CC(O)Nc2ccc(CCCCc3nnc(NC(O)C(OC)c4ccccc4)s3)nn2)c1. The maximum Gasteiger partial charge on any atom is 0.407 e. The van der Waals surface area contributed by atoms with Gasteiger partial charge in [-0.15, -0.1) is 15.3 Å². The van der Waals surface area contributed by atoms with E-state index < -0.39 is 24.7 Å². The van der Waals surface area contributed by atoms with Gasteiger partial charge in [-0.05, 0) is 55.0 Å². The van der Waals surface area contributed by atoms with Crippen molar-refractivity contribution in [2.75, 3.05) is 24.4 Å². The van der Waals surface area contributed by atoms with Crippen molar-refractivity contribution >= 4 is 28.4 Å². The monoisotopic (exact) mass is 621 g/mol. The first-order valence-corrected chi connectivity index (χ1v) is 15.4. The molecule has 0 radical (unpaired) electrons. The molecule has 0 bridgehead atoms. The molecule has 3 atom stereocenters. The van der Waals surface area contributed by atoms with E-state index in [-0.39, 0.29) is 0 Å². The van der Waals surface area contributed by atoms with Gasteiger partial charge in [0.25, 0.3) is 0 Å². The number of aryl methyl sites for hydroxylation is 2. The van der Waals surface area contributed by atoms with Crippen LogP contribution in [0.4, 0.5) is 15.7 Å². The van der Waals surface area contributed by atoms with E-state index in [9.17, 15) is 15.0 Å². The van der Waals surface area contributed by atoms with Gasteiger partial charge in [0.15, 0.2) is 12.0 Å². The third kappa shape index (κ3) is 10.5. The van der Waals surface area contributed by atoms with E-state index in [0.717, 1.165) is 53.1 Å². The van der Waals surface area contributed by atoms with Crippen LogP contribution in [0, 0.1) is 0 Å². The van der Waals surface area contributed by atoms with Gasteiger partial charge in [-0.25, -0.2) is 4.79 Å². The molecule has 0 aliphatic carbocycles. The number of unbranched alkanes of at least 4 members (excludes halogenated alkanes) is 1. The summed E-state index contributed by atoms with van der Waals surface area (Å²) >= 11 is 1.41. The first-order chi connectivity index (χ1) is 21.4. The summed E-state index contributed by atoms with van der Waals surface area (Å²) in [7, 11) is 1.56. The standard InChI is InChI=1S/C31H39N7O5S/c1-3-43-31(41)32-20-22-11-9-10-21(18-22)19-26(39)33-25-17-16-24(35-36-25)14-7-8-15-27-37-38-30(44-27)34-29(40)28(42-2)23-12-5-4-6-13-23/h4-6,9-13,16-18,26,28-29,39-40H,3,7-8,14-15,19-20H2,1-2H3,(H,32,41)(H,33,36)(H,34,38). The quantitative estimate of drug-likeness (QED) is 0.0847. The molecule has 44 heavy (non-hydrogen) atoms. The number of carbonyl (C=O) groups is 1. The molecular weight excluding hydrogens is 582 g/mol. The van der Waals surface area contributed by atoms with Crippen LogP contribution in [0.1, 0.15) is 53.3 Å². The van der Waals surface area contributed by atoms with E-state index in [1.54, 1.807) is 14.0 Å². The highest BCUT2D eigenvalue weighted by molar-refractivity contribution is 7.15. The number of anilines is 2. The Hall–Kier alpha value is -4.17. The maximum atomic E-state index is 11.5. The van der Waals surface area contributed by atoms with E-state index in [0.29, 0.717) is 30.5 Å². The van der Waals surface area contributed by atoms with Crippen LogP contribution in [0.5, 0.6) is 0 Å². The Morgan fingerprint density at radius 3 is 2.45 bits per heavy atom. The topological polar surface area (TPSA) is 164 Å². The molecule has 0 saturated heterocycles. The van der Waals surface area contributed by atoms with Crippen LogP contribution in [0.3, 0.4) is 0 Å². The lowest BCUT2D eigenvalue weighted by atomic mass is 10.1. The number of hydrogen-bond acceptors (Lipinski definition) is 12. The molecule has 3 unspecified atom stereocenters. The van der Waals surface area contributed by atoms with Crippen LogP contribution in [-0.2, 0) is 35.3 Å². The molecule has 0 aliphatic rings. The van der Waals surface area contributed by atoms with Crippen molar-refractivity contribution < 1.29 is 24.5 Å². The Morgan fingerprint density at radius 2 is 1.70 bits per heavy atom. The van der Waals surface area contributed by atoms with Gasteiger partial charge < -0.3 is 35.6 Å². The first-order valence-electron chi connectivity index (χ1n) is 14.5.